The van der Waals surface area contributed by atoms with Crippen LogP contribution in [-0.4, -0.2) is 44.3 Å². The van der Waals surface area contributed by atoms with Gasteiger partial charge >= 0.3 is 0 Å². The molecule has 176 valence electrons. The second-order valence-electron chi connectivity index (χ2n) is 7.78. The first-order chi connectivity index (χ1) is 16.5. The first-order valence-electron chi connectivity index (χ1n) is 10.9. The van der Waals surface area contributed by atoms with Crippen LogP contribution in [-0.2, 0) is 6.54 Å². The first-order valence-corrected chi connectivity index (χ1v) is 10.9. The van der Waals surface area contributed by atoms with Gasteiger partial charge in [-0.2, -0.15) is 4.98 Å². The summed E-state index contributed by atoms with van der Waals surface area (Å²) in [7, 11) is 1.59. The molecule has 0 aliphatic carbocycles. The molecule has 1 N–H and O–H groups in total. The van der Waals surface area contributed by atoms with E-state index in [-0.39, 0.29) is 17.5 Å². The van der Waals surface area contributed by atoms with E-state index in [0.717, 1.165) is 11.1 Å². The second kappa shape index (κ2) is 10.2. The van der Waals surface area contributed by atoms with Crippen LogP contribution in [0.5, 0.6) is 11.5 Å². The Labute approximate surface area is 197 Å². The molecule has 34 heavy (non-hydrogen) atoms. The molecule has 0 aliphatic rings. The number of benzene rings is 1. The van der Waals surface area contributed by atoms with Crippen LogP contribution in [0.1, 0.15) is 48.6 Å². The average Bonchev–Trinajstić information content (AvgIpc) is 3.54. The van der Waals surface area contributed by atoms with Crippen LogP contribution >= 0.6 is 0 Å². The molecule has 0 radical (unpaired) electrons. The Bertz CT molecular complexity index is 1280. The van der Waals surface area contributed by atoms with Crippen LogP contribution in [0, 0.1) is 0 Å². The Hall–Kier alpha value is -4.21. The molecular weight excluding hydrogens is 436 g/mol. The van der Waals surface area contributed by atoms with Crippen molar-refractivity contribution in [2.75, 3.05) is 13.7 Å². The van der Waals surface area contributed by atoms with Crippen molar-refractivity contribution in [3.05, 3.63) is 66.1 Å². The van der Waals surface area contributed by atoms with Gasteiger partial charge in [0.05, 0.1) is 13.7 Å². The highest BCUT2D eigenvalue weighted by Gasteiger charge is 2.15. The van der Waals surface area contributed by atoms with Crippen molar-refractivity contribution in [2.24, 2.45) is 0 Å². The number of imidazole rings is 1. The molecule has 0 fully saturated rings. The third-order valence-corrected chi connectivity index (χ3v) is 5.01. The number of carbonyl (C=O) groups excluding carboxylic acids is 1. The first kappa shape index (κ1) is 23.0. The maximum atomic E-state index is 12.7. The summed E-state index contributed by atoms with van der Waals surface area (Å²) in [4.78, 5) is 25.7. The third-order valence-electron chi connectivity index (χ3n) is 5.01. The molecule has 1 aromatic carbocycles. The molecule has 4 rings (SSSR count). The molecule has 0 saturated carbocycles. The van der Waals surface area contributed by atoms with Crippen LogP contribution in [0.25, 0.3) is 17.3 Å². The highest BCUT2D eigenvalue weighted by atomic mass is 16.5. The monoisotopic (exact) mass is 462 g/mol. The molecule has 0 unspecified atom stereocenters. The number of rotatable bonds is 9. The largest absolute Gasteiger partial charge is 0.493 e. The number of nitrogens with zero attached hydrogens (tertiary/aromatic N) is 5. The van der Waals surface area contributed by atoms with E-state index >= 15 is 0 Å². The summed E-state index contributed by atoms with van der Waals surface area (Å²) in [6.45, 7) is 6.73. The van der Waals surface area contributed by atoms with Crippen molar-refractivity contribution in [1.82, 2.24) is 30.0 Å². The summed E-state index contributed by atoms with van der Waals surface area (Å²) >= 11 is 0. The quantitative estimate of drug-likeness (QED) is 0.399. The lowest BCUT2D eigenvalue weighted by molar-refractivity contribution is 0.0946. The Morgan fingerprint density at radius 1 is 1.18 bits per heavy atom. The van der Waals surface area contributed by atoms with Gasteiger partial charge in [-0.15, -0.1) is 0 Å². The van der Waals surface area contributed by atoms with Gasteiger partial charge in [-0.3, -0.25) is 9.36 Å². The van der Waals surface area contributed by atoms with Crippen LogP contribution in [0.4, 0.5) is 0 Å². The number of hydrogen-bond donors (Lipinski definition) is 1. The van der Waals surface area contributed by atoms with Gasteiger partial charge in [-0.1, -0.05) is 25.1 Å². The SMILES string of the molecule is CCOc1cc(CNC(=O)c2cn(-c3cc(-c4nc(C(C)C)no4)ccn3)cn2)ccc1OC. The highest BCUT2D eigenvalue weighted by molar-refractivity contribution is 5.92. The van der Waals surface area contributed by atoms with E-state index in [2.05, 4.69) is 25.4 Å². The molecule has 3 aromatic heterocycles. The summed E-state index contributed by atoms with van der Waals surface area (Å²) in [6, 6.07) is 9.12. The summed E-state index contributed by atoms with van der Waals surface area (Å²) in [5.74, 6) is 2.76. The zero-order chi connectivity index (χ0) is 24.1. The van der Waals surface area contributed by atoms with Gasteiger partial charge in [0.2, 0.25) is 0 Å². The fourth-order valence-electron chi connectivity index (χ4n) is 3.22. The molecule has 10 heteroatoms. The van der Waals surface area contributed by atoms with Gasteiger partial charge in [0.25, 0.3) is 11.8 Å². The Kier molecular flexibility index (Phi) is 6.86. The van der Waals surface area contributed by atoms with Gasteiger partial charge < -0.3 is 19.3 Å². The van der Waals surface area contributed by atoms with E-state index in [9.17, 15) is 4.79 Å². The number of pyridine rings is 1. The smallest absolute Gasteiger partial charge is 0.271 e. The number of ether oxygens (including phenoxy) is 2. The van der Waals surface area contributed by atoms with E-state index in [0.29, 0.717) is 42.2 Å². The van der Waals surface area contributed by atoms with E-state index < -0.39 is 0 Å². The minimum Gasteiger partial charge on any atom is -0.493 e. The standard InChI is InChI=1S/C24H26N6O4/c1-5-33-20-10-16(6-7-19(20)32-4)12-26-23(31)18-13-30(14-27-18)21-11-17(8-9-25-21)24-28-22(15(2)3)29-34-24/h6-11,13-15H,5,12H2,1-4H3,(H,26,31). The maximum absolute atomic E-state index is 12.7. The van der Waals surface area contributed by atoms with Gasteiger partial charge in [0, 0.05) is 30.4 Å². The van der Waals surface area contributed by atoms with Crippen LogP contribution in [0.15, 0.2) is 53.6 Å². The summed E-state index contributed by atoms with van der Waals surface area (Å²) in [5.41, 5.74) is 1.88. The van der Waals surface area contributed by atoms with E-state index in [4.69, 9.17) is 14.0 Å². The Morgan fingerprint density at radius 2 is 2.03 bits per heavy atom. The molecule has 0 atom stereocenters. The molecule has 1 amide bonds. The van der Waals surface area contributed by atoms with Gasteiger partial charge in [0.1, 0.15) is 17.8 Å². The zero-order valence-electron chi connectivity index (χ0n) is 19.5. The molecule has 0 saturated heterocycles. The van der Waals surface area contributed by atoms with Crippen molar-refractivity contribution >= 4 is 5.91 Å². The van der Waals surface area contributed by atoms with Crippen molar-refractivity contribution < 1.29 is 18.8 Å². The van der Waals surface area contributed by atoms with E-state index in [1.165, 1.54) is 6.33 Å². The molecule has 10 nitrogen and oxygen atoms in total. The van der Waals surface area contributed by atoms with Crippen LogP contribution in [0.2, 0.25) is 0 Å². The Balaban J connectivity index is 1.45. The number of amides is 1. The summed E-state index contributed by atoms with van der Waals surface area (Å²) < 4.78 is 17.9. The van der Waals surface area contributed by atoms with Crippen molar-refractivity contribution in [3.63, 3.8) is 0 Å². The van der Waals surface area contributed by atoms with Crippen molar-refractivity contribution in [1.29, 1.82) is 0 Å². The molecule has 0 bridgehead atoms. The average molecular weight is 463 g/mol. The Morgan fingerprint density at radius 3 is 2.76 bits per heavy atom. The minimum atomic E-state index is -0.304. The lowest BCUT2D eigenvalue weighted by atomic mass is 10.2. The normalized spacial score (nSPS) is 11.0. The lowest BCUT2D eigenvalue weighted by Gasteiger charge is -2.11. The number of nitrogens with one attached hydrogen (secondary N) is 1. The van der Waals surface area contributed by atoms with Crippen LogP contribution < -0.4 is 14.8 Å². The maximum Gasteiger partial charge on any atom is 0.271 e. The predicted octanol–water partition coefficient (Wildman–Crippen LogP) is 3.78. The number of methoxy groups -OCH3 is 1. The third kappa shape index (κ3) is 5.06. The van der Waals surface area contributed by atoms with Crippen molar-refractivity contribution in [2.45, 2.75) is 33.2 Å². The van der Waals surface area contributed by atoms with E-state index in [1.807, 2.05) is 39.0 Å². The topological polar surface area (TPSA) is 117 Å². The highest BCUT2D eigenvalue weighted by Crippen LogP contribution is 2.28. The molecule has 4 aromatic rings. The van der Waals surface area contributed by atoms with Gasteiger partial charge in [-0.05, 0) is 36.8 Å². The van der Waals surface area contributed by atoms with Crippen LogP contribution in [0.3, 0.4) is 0 Å². The fourth-order valence-corrected chi connectivity index (χ4v) is 3.22. The number of hydrogen-bond acceptors (Lipinski definition) is 8. The summed E-state index contributed by atoms with van der Waals surface area (Å²) in [5, 5.41) is 6.87. The minimum absolute atomic E-state index is 0.164. The number of aromatic nitrogens is 5. The molecular formula is C24H26N6O4. The van der Waals surface area contributed by atoms with Crippen molar-refractivity contribution in [3.8, 4) is 28.8 Å². The molecule has 0 spiro atoms. The second-order valence-corrected chi connectivity index (χ2v) is 7.78. The fraction of sp³-hybridized carbons (Fsp3) is 0.292. The molecule has 3 heterocycles. The number of carbonyl (C=O) groups is 1. The van der Waals surface area contributed by atoms with E-state index in [1.54, 1.807) is 36.2 Å². The van der Waals surface area contributed by atoms with Gasteiger partial charge in [-0.25, -0.2) is 9.97 Å². The summed E-state index contributed by atoms with van der Waals surface area (Å²) in [6.07, 6.45) is 4.80. The lowest BCUT2D eigenvalue weighted by Crippen LogP contribution is -2.23. The molecule has 0 aliphatic heterocycles. The predicted molar refractivity (Wildman–Crippen MR) is 124 cm³/mol. The zero-order valence-corrected chi connectivity index (χ0v) is 19.5. The van der Waals surface area contributed by atoms with Gasteiger partial charge in [0.15, 0.2) is 17.3 Å².